The van der Waals surface area contributed by atoms with Crippen molar-refractivity contribution in [3.05, 3.63) is 59.2 Å². The van der Waals surface area contributed by atoms with Crippen molar-refractivity contribution in [2.75, 3.05) is 17.8 Å². The molecule has 0 aliphatic rings. The van der Waals surface area contributed by atoms with E-state index in [1.807, 2.05) is 26.8 Å². The van der Waals surface area contributed by atoms with Gasteiger partial charge in [0.25, 0.3) is 15.9 Å². The fourth-order valence-electron chi connectivity index (χ4n) is 2.70. The lowest BCUT2D eigenvalue weighted by Crippen LogP contribution is -2.39. The maximum atomic E-state index is 12.7. The van der Waals surface area contributed by atoms with Gasteiger partial charge in [-0.3, -0.25) is 9.52 Å². The number of amides is 1. The minimum atomic E-state index is -3.79. The summed E-state index contributed by atoms with van der Waals surface area (Å²) in [4.78, 5) is 12.6. The van der Waals surface area contributed by atoms with Gasteiger partial charge in [0.05, 0.1) is 4.90 Å². The van der Waals surface area contributed by atoms with Crippen LogP contribution in [0.2, 0.25) is 0 Å². The Hall–Kier alpha value is -2.38. The first-order valence-electron chi connectivity index (χ1n) is 8.94. The van der Waals surface area contributed by atoms with E-state index in [0.717, 1.165) is 17.7 Å². The number of hydrogen-bond donors (Lipinski definition) is 3. The average molecular weight is 390 g/mol. The average Bonchev–Trinajstić information content (AvgIpc) is 2.59. The van der Waals surface area contributed by atoms with Gasteiger partial charge in [0.2, 0.25) is 0 Å². The molecule has 1 amide bonds. The largest absolute Gasteiger partial charge is 0.350 e. The Morgan fingerprint density at radius 3 is 2.52 bits per heavy atom. The van der Waals surface area contributed by atoms with Gasteiger partial charge in [0.1, 0.15) is 0 Å². The lowest BCUT2D eigenvalue weighted by Gasteiger charge is -2.15. The van der Waals surface area contributed by atoms with Crippen molar-refractivity contribution in [1.82, 2.24) is 10.6 Å². The van der Waals surface area contributed by atoms with Gasteiger partial charge in [-0.05, 0) is 62.7 Å². The van der Waals surface area contributed by atoms with Crippen molar-refractivity contribution in [2.24, 2.45) is 0 Å². The summed E-state index contributed by atoms with van der Waals surface area (Å²) in [5.41, 5.74) is 2.51. The van der Waals surface area contributed by atoms with E-state index in [1.54, 1.807) is 31.2 Å². The van der Waals surface area contributed by atoms with Crippen LogP contribution in [0.15, 0.2) is 47.4 Å². The summed E-state index contributed by atoms with van der Waals surface area (Å²) < 4.78 is 28.0. The summed E-state index contributed by atoms with van der Waals surface area (Å²) >= 11 is 0. The lowest BCUT2D eigenvalue weighted by atomic mass is 10.1. The van der Waals surface area contributed by atoms with E-state index in [-0.39, 0.29) is 16.8 Å². The molecule has 0 aliphatic carbocycles. The van der Waals surface area contributed by atoms with E-state index in [0.29, 0.717) is 17.8 Å². The van der Waals surface area contributed by atoms with Gasteiger partial charge in [0, 0.05) is 23.8 Å². The molecule has 0 aromatic heterocycles. The second-order valence-corrected chi connectivity index (χ2v) is 8.30. The molecular weight excluding hydrogens is 362 g/mol. The number of rotatable bonds is 8. The smallest absolute Gasteiger partial charge is 0.261 e. The topological polar surface area (TPSA) is 87.3 Å². The monoisotopic (exact) mass is 389 g/mol. The Balaban J connectivity index is 2.21. The number of likely N-dealkylation sites (N-methyl/N-ethyl adjacent to an activating group) is 1. The molecule has 7 heteroatoms. The Bertz CT molecular complexity index is 910. The second kappa shape index (κ2) is 9.01. The van der Waals surface area contributed by atoms with E-state index in [9.17, 15) is 13.2 Å². The molecule has 0 saturated heterocycles. The van der Waals surface area contributed by atoms with Gasteiger partial charge in [0.15, 0.2) is 0 Å². The van der Waals surface area contributed by atoms with Crippen LogP contribution < -0.4 is 15.4 Å². The molecule has 27 heavy (non-hydrogen) atoms. The van der Waals surface area contributed by atoms with Gasteiger partial charge in [-0.1, -0.05) is 25.1 Å². The third-order valence-corrected chi connectivity index (χ3v) is 5.53. The molecule has 0 bridgehead atoms. The summed E-state index contributed by atoms with van der Waals surface area (Å²) in [6.07, 6.45) is 0. The SMILES string of the molecule is CCN[C@H](C)CNC(=O)c1cc(S(=O)(=O)Nc2cccc(C)c2)ccc1C. The minimum absolute atomic E-state index is 0.0551. The van der Waals surface area contributed by atoms with E-state index >= 15 is 0 Å². The zero-order chi connectivity index (χ0) is 20.0. The number of nitrogens with one attached hydrogen (secondary N) is 3. The third-order valence-electron chi connectivity index (χ3n) is 4.16. The van der Waals surface area contributed by atoms with Crippen LogP contribution in [0.4, 0.5) is 5.69 Å². The highest BCUT2D eigenvalue weighted by atomic mass is 32.2. The molecule has 0 unspecified atom stereocenters. The Morgan fingerprint density at radius 2 is 1.85 bits per heavy atom. The van der Waals surface area contributed by atoms with Gasteiger partial charge in [-0.2, -0.15) is 0 Å². The standard InChI is InChI=1S/C20H27N3O3S/c1-5-21-16(4)13-22-20(24)19-12-18(10-9-15(19)3)27(25,26)23-17-8-6-7-14(2)11-17/h6-12,16,21,23H,5,13H2,1-4H3,(H,22,24)/t16-/m1/s1. The number of benzene rings is 2. The van der Waals surface area contributed by atoms with Crippen LogP contribution >= 0.6 is 0 Å². The zero-order valence-corrected chi connectivity index (χ0v) is 17.0. The number of aryl methyl sites for hydroxylation is 2. The highest BCUT2D eigenvalue weighted by Crippen LogP contribution is 2.20. The molecular formula is C20H27N3O3S. The highest BCUT2D eigenvalue weighted by Gasteiger charge is 2.18. The number of hydrogen-bond acceptors (Lipinski definition) is 4. The van der Waals surface area contributed by atoms with Crippen molar-refractivity contribution in [1.29, 1.82) is 0 Å². The van der Waals surface area contributed by atoms with Crippen LogP contribution in [0.1, 0.15) is 35.3 Å². The molecule has 3 N–H and O–H groups in total. The summed E-state index contributed by atoms with van der Waals surface area (Å²) in [6, 6.07) is 11.8. The Labute approximate surface area is 161 Å². The third kappa shape index (κ3) is 5.80. The fraction of sp³-hybridized carbons (Fsp3) is 0.350. The van der Waals surface area contributed by atoms with Crippen molar-refractivity contribution in [3.8, 4) is 0 Å². The molecule has 0 fully saturated rings. The lowest BCUT2D eigenvalue weighted by molar-refractivity contribution is 0.0949. The van der Waals surface area contributed by atoms with Crippen LogP contribution in [-0.2, 0) is 10.0 Å². The summed E-state index contributed by atoms with van der Waals surface area (Å²) in [7, 11) is -3.79. The first kappa shape index (κ1) is 20.9. The van der Waals surface area contributed by atoms with Gasteiger partial charge in [-0.15, -0.1) is 0 Å². The van der Waals surface area contributed by atoms with E-state index < -0.39 is 10.0 Å². The van der Waals surface area contributed by atoms with Gasteiger partial charge >= 0.3 is 0 Å². The quantitative estimate of drug-likeness (QED) is 0.648. The molecule has 0 radical (unpaired) electrons. The molecule has 0 saturated carbocycles. The summed E-state index contributed by atoms with van der Waals surface area (Å²) in [5.74, 6) is -0.287. The predicted octanol–water partition coefficient (Wildman–Crippen LogP) is 2.83. The molecule has 1 atom stereocenters. The molecule has 2 rings (SSSR count). The number of carbonyl (C=O) groups is 1. The number of carbonyl (C=O) groups excluding carboxylic acids is 1. The fourth-order valence-corrected chi connectivity index (χ4v) is 3.77. The highest BCUT2D eigenvalue weighted by molar-refractivity contribution is 7.92. The predicted molar refractivity (Wildman–Crippen MR) is 109 cm³/mol. The second-order valence-electron chi connectivity index (χ2n) is 6.62. The Kier molecular flexibility index (Phi) is 6.98. The number of anilines is 1. The minimum Gasteiger partial charge on any atom is -0.350 e. The molecule has 0 spiro atoms. The molecule has 6 nitrogen and oxygen atoms in total. The van der Waals surface area contributed by atoms with Crippen molar-refractivity contribution in [2.45, 2.75) is 38.6 Å². The molecule has 2 aromatic rings. The number of sulfonamides is 1. The van der Waals surface area contributed by atoms with Crippen molar-refractivity contribution >= 4 is 21.6 Å². The van der Waals surface area contributed by atoms with Gasteiger partial charge in [-0.25, -0.2) is 8.42 Å². The van der Waals surface area contributed by atoms with E-state index in [2.05, 4.69) is 15.4 Å². The maximum absolute atomic E-state index is 12.7. The summed E-state index contributed by atoms with van der Waals surface area (Å²) in [5, 5.41) is 6.06. The summed E-state index contributed by atoms with van der Waals surface area (Å²) in [6.45, 7) is 8.92. The van der Waals surface area contributed by atoms with Crippen LogP contribution in [-0.4, -0.2) is 33.5 Å². The molecule has 0 heterocycles. The van der Waals surface area contributed by atoms with Crippen molar-refractivity contribution < 1.29 is 13.2 Å². The molecule has 0 aliphatic heterocycles. The molecule has 146 valence electrons. The van der Waals surface area contributed by atoms with Crippen LogP contribution in [0.5, 0.6) is 0 Å². The van der Waals surface area contributed by atoms with Crippen molar-refractivity contribution in [3.63, 3.8) is 0 Å². The zero-order valence-electron chi connectivity index (χ0n) is 16.2. The first-order chi connectivity index (χ1) is 12.7. The normalized spacial score (nSPS) is 12.4. The molecule has 2 aromatic carbocycles. The van der Waals surface area contributed by atoms with Crippen LogP contribution in [0.25, 0.3) is 0 Å². The van der Waals surface area contributed by atoms with E-state index in [1.165, 1.54) is 12.1 Å². The van der Waals surface area contributed by atoms with E-state index in [4.69, 9.17) is 0 Å². The van der Waals surface area contributed by atoms with Crippen LogP contribution in [0, 0.1) is 13.8 Å². The Morgan fingerprint density at radius 1 is 1.11 bits per heavy atom. The van der Waals surface area contributed by atoms with Gasteiger partial charge < -0.3 is 10.6 Å². The maximum Gasteiger partial charge on any atom is 0.261 e. The first-order valence-corrected chi connectivity index (χ1v) is 10.4. The van der Waals surface area contributed by atoms with Crippen LogP contribution in [0.3, 0.4) is 0 Å².